The van der Waals surface area contributed by atoms with Crippen molar-refractivity contribution in [3.8, 4) is 0 Å². The van der Waals surface area contributed by atoms with Crippen molar-refractivity contribution in [1.29, 1.82) is 0 Å². The van der Waals surface area contributed by atoms with Gasteiger partial charge >= 0.3 is 0 Å². The molecule has 34 heavy (non-hydrogen) atoms. The molecule has 2 amide bonds. The van der Waals surface area contributed by atoms with Gasteiger partial charge in [0.15, 0.2) is 0 Å². The Morgan fingerprint density at radius 2 is 1.82 bits per heavy atom. The molecule has 2 aromatic heterocycles. The summed E-state index contributed by atoms with van der Waals surface area (Å²) in [4.78, 5) is 38.4. The van der Waals surface area contributed by atoms with Crippen molar-refractivity contribution >= 4 is 28.5 Å². The lowest BCUT2D eigenvalue weighted by Gasteiger charge is -2.34. The van der Waals surface area contributed by atoms with Crippen molar-refractivity contribution in [2.24, 2.45) is 11.7 Å². The topological polar surface area (TPSA) is 130 Å². The van der Waals surface area contributed by atoms with Gasteiger partial charge in [0.05, 0.1) is 17.8 Å². The quantitative estimate of drug-likeness (QED) is 0.543. The van der Waals surface area contributed by atoms with Gasteiger partial charge in [-0.05, 0) is 31.9 Å². The largest absolute Gasteiger partial charge is 0.368 e. The molecule has 0 unspecified atom stereocenters. The SMILES string of the molecule is Cc1noc(C)c1C(=O)N1CCN(Cc2nc(N[C@H](C(N)=O)C(C)C)c3ccccc3n2)CC1. The molecular weight excluding hydrogens is 434 g/mol. The number of nitrogens with one attached hydrogen (secondary N) is 1. The van der Waals surface area contributed by atoms with Gasteiger partial charge in [0.1, 0.15) is 29.0 Å². The number of nitrogens with zero attached hydrogens (tertiary/aromatic N) is 5. The first-order chi connectivity index (χ1) is 16.2. The van der Waals surface area contributed by atoms with E-state index in [1.165, 1.54) is 0 Å². The van der Waals surface area contributed by atoms with Crippen LogP contribution >= 0.6 is 0 Å². The summed E-state index contributed by atoms with van der Waals surface area (Å²) in [6, 6.07) is 7.17. The van der Waals surface area contributed by atoms with Crippen molar-refractivity contribution in [2.45, 2.75) is 40.3 Å². The zero-order valence-electron chi connectivity index (χ0n) is 20.0. The van der Waals surface area contributed by atoms with Crippen molar-refractivity contribution in [1.82, 2.24) is 24.9 Å². The van der Waals surface area contributed by atoms with E-state index < -0.39 is 11.9 Å². The molecule has 0 radical (unpaired) electrons. The average molecular weight is 466 g/mol. The monoisotopic (exact) mass is 465 g/mol. The molecule has 0 aliphatic carbocycles. The van der Waals surface area contributed by atoms with E-state index in [-0.39, 0.29) is 11.8 Å². The van der Waals surface area contributed by atoms with Crippen LogP contribution < -0.4 is 11.1 Å². The zero-order valence-corrected chi connectivity index (χ0v) is 20.0. The first-order valence-corrected chi connectivity index (χ1v) is 11.5. The van der Waals surface area contributed by atoms with Crippen LogP contribution in [0.5, 0.6) is 0 Å². The van der Waals surface area contributed by atoms with Gasteiger partial charge < -0.3 is 20.5 Å². The third-order valence-electron chi connectivity index (χ3n) is 6.19. The van der Waals surface area contributed by atoms with E-state index in [0.29, 0.717) is 61.4 Å². The van der Waals surface area contributed by atoms with Crippen molar-refractivity contribution in [3.05, 3.63) is 47.1 Å². The number of carbonyl (C=O) groups is 2. The Kier molecular flexibility index (Phi) is 6.78. The summed E-state index contributed by atoms with van der Waals surface area (Å²) in [5.74, 6) is 1.35. The molecule has 0 saturated carbocycles. The maximum Gasteiger partial charge on any atom is 0.259 e. The van der Waals surface area contributed by atoms with Crippen LogP contribution in [0.15, 0.2) is 28.8 Å². The Hall–Kier alpha value is -3.53. The number of nitrogens with two attached hydrogens (primary N) is 1. The minimum Gasteiger partial charge on any atom is -0.368 e. The number of hydrogen-bond acceptors (Lipinski definition) is 8. The number of para-hydroxylation sites is 1. The molecule has 4 rings (SSSR count). The lowest BCUT2D eigenvalue weighted by molar-refractivity contribution is -0.119. The summed E-state index contributed by atoms with van der Waals surface area (Å²) >= 11 is 0. The molecule has 1 aliphatic heterocycles. The molecule has 1 aromatic carbocycles. The summed E-state index contributed by atoms with van der Waals surface area (Å²) in [6.07, 6.45) is 0. The van der Waals surface area contributed by atoms with E-state index in [0.717, 1.165) is 10.9 Å². The second-order valence-corrected chi connectivity index (χ2v) is 9.04. The van der Waals surface area contributed by atoms with Crippen LogP contribution in [0, 0.1) is 19.8 Å². The zero-order chi connectivity index (χ0) is 24.4. The number of fused-ring (bicyclic) bond motifs is 1. The number of anilines is 1. The first-order valence-electron chi connectivity index (χ1n) is 11.5. The fourth-order valence-corrected chi connectivity index (χ4v) is 4.27. The van der Waals surface area contributed by atoms with E-state index >= 15 is 0 Å². The van der Waals surface area contributed by atoms with Crippen LogP contribution in [0.1, 0.15) is 41.5 Å². The smallest absolute Gasteiger partial charge is 0.259 e. The van der Waals surface area contributed by atoms with E-state index in [9.17, 15) is 9.59 Å². The van der Waals surface area contributed by atoms with Gasteiger partial charge in [0.25, 0.3) is 5.91 Å². The van der Waals surface area contributed by atoms with Crippen molar-refractivity contribution < 1.29 is 14.1 Å². The standard InChI is InChI=1S/C24H31N7O3/c1-14(2)21(22(25)32)28-23-17-7-5-6-8-18(17)26-19(27-23)13-30-9-11-31(12-10-30)24(33)20-15(3)29-34-16(20)4/h5-8,14,21H,9-13H2,1-4H3,(H2,25,32)(H,26,27,28)/t21-/m0/s1. The predicted octanol–water partition coefficient (Wildman–Crippen LogP) is 2.11. The minimum absolute atomic E-state index is 0.0120. The van der Waals surface area contributed by atoms with Gasteiger partial charge in [0, 0.05) is 31.6 Å². The van der Waals surface area contributed by atoms with E-state index in [1.807, 2.05) is 43.0 Å². The van der Waals surface area contributed by atoms with Crippen LogP contribution in [0.3, 0.4) is 0 Å². The lowest BCUT2D eigenvalue weighted by atomic mass is 10.0. The molecule has 1 fully saturated rings. The Morgan fingerprint density at radius 1 is 1.12 bits per heavy atom. The van der Waals surface area contributed by atoms with Crippen molar-refractivity contribution in [3.63, 3.8) is 0 Å². The fraction of sp³-hybridized carbons (Fsp3) is 0.458. The minimum atomic E-state index is -0.537. The highest BCUT2D eigenvalue weighted by atomic mass is 16.5. The molecular formula is C24H31N7O3. The third kappa shape index (κ3) is 4.86. The fourth-order valence-electron chi connectivity index (χ4n) is 4.27. The van der Waals surface area contributed by atoms with Gasteiger partial charge in [-0.2, -0.15) is 0 Å². The van der Waals surface area contributed by atoms with Crippen LogP contribution in [0.2, 0.25) is 0 Å². The molecule has 0 spiro atoms. The summed E-state index contributed by atoms with van der Waals surface area (Å²) in [5.41, 5.74) is 7.58. The maximum absolute atomic E-state index is 12.9. The lowest BCUT2D eigenvalue weighted by Crippen LogP contribution is -2.48. The van der Waals surface area contributed by atoms with E-state index in [4.69, 9.17) is 20.2 Å². The van der Waals surface area contributed by atoms with Gasteiger partial charge in [0.2, 0.25) is 5.91 Å². The molecule has 10 heteroatoms. The molecule has 3 N–H and O–H groups in total. The highest BCUT2D eigenvalue weighted by Gasteiger charge is 2.27. The summed E-state index contributed by atoms with van der Waals surface area (Å²) in [7, 11) is 0. The Balaban J connectivity index is 1.49. The summed E-state index contributed by atoms with van der Waals surface area (Å²) in [6.45, 7) is 10.5. The third-order valence-corrected chi connectivity index (χ3v) is 6.19. The highest BCUT2D eigenvalue weighted by molar-refractivity contribution is 5.96. The number of primary amides is 1. The molecule has 10 nitrogen and oxygen atoms in total. The Morgan fingerprint density at radius 3 is 2.44 bits per heavy atom. The molecule has 3 aromatic rings. The van der Waals surface area contributed by atoms with Gasteiger partial charge in [-0.3, -0.25) is 14.5 Å². The predicted molar refractivity (Wildman–Crippen MR) is 128 cm³/mol. The number of amides is 2. The van der Waals surface area contributed by atoms with Crippen LogP contribution in [-0.4, -0.2) is 69.0 Å². The van der Waals surface area contributed by atoms with E-state index in [2.05, 4.69) is 15.4 Å². The number of benzene rings is 1. The number of aryl methyl sites for hydroxylation is 2. The summed E-state index contributed by atoms with van der Waals surface area (Å²) in [5, 5.41) is 7.97. The van der Waals surface area contributed by atoms with Crippen LogP contribution in [-0.2, 0) is 11.3 Å². The number of piperazine rings is 1. The van der Waals surface area contributed by atoms with Crippen LogP contribution in [0.25, 0.3) is 10.9 Å². The molecule has 1 aliphatic rings. The second kappa shape index (κ2) is 9.76. The molecule has 3 heterocycles. The molecule has 1 atom stereocenters. The maximum atomic E-state index is 12.9. The van der Waals surface area contributed by atoms with Crippen LogP contribution in [0.4, 0.5) is 5.82 Å². The van der Waals surface area contributed by atoms with Gasteiger partial charge in [-0.25, -0.2) is 9.97 Å². The normalized spacial score (nSPS) is 15.6. The Bertz CT molecular complexity index is 1180. The molecule has 180 valence electrons. The number of carbonyl (C=O) groups excluding carboxylic acids is 2. The van der Waals surface area contributed by atoms with E-state index in [1.54, 1.807) is 13.8 Å². The van der Waals surface area contributed by atoms with Gasteiger partial charge in [-0.15, -0.1) is 0 Å². The number of rotatable bonds is 7. The summed E-state index contributed by atoms with van der Waals surface area (Å²) < 4.78 is 5.15. The second-order valence-electron chi connectivity index (χ2n) is 9.04. The molecule has 1 saturated heterocycles. The Labute approximate surface area is 198 Å². The van der Waals surface area contributed by atoms with Gasteiger partial charge in [-0.1, -0.05) is 31.1 Å². The number of hydrogen-bond donors (Lipinski definition) is 2. The molecule has 0 bridgehead atoms. The van der Waals surface area contributed by atoms with Crippen molar-refractivity contribution in [2.75, 3.05) is 31.5 Å². The highest BCUT2D eigenvalue weighted by Crippen LogP contribution is 2.23. The average Bonchev–Trinajstić information content (AvgIpc) is 3.14. The first kappa shape index (κ1) is 23.6. The number of aromatic nitrogens is 3.